The van der Waals surface area contributed by atoms with Crippen molar-refractivity contribution in [3.63, 3.8) is 0 Å². The number of amides is 2. The van der Waals surface area contributed by atoms with E-state index in [4.69, 9.17) is 10.7 Å². The average Bonchev–Trinajstić information content (AvgIpc) is 3.32. The number of carbonyl (C=O) groups is 2. The molecule has 170 valence electrons. The van der Waals surface area contributed by atoms with Gasteiger partial charge in [0.05, 0.1) is 12.2 Å². The van der Waals surface area contributed by atoms with Crippen LogP contribution in [0.4, 0.5) is 5.95 Å². The molecule has 1 atom stereocenters. The van der Waals surface area contributed by atoms with E-state index in [2.05, 4.69) is 9.88 Å². The molecule has 0 aliphatic carbocycles. The van der Waals surface area contributed by atoms with Gasteiger partial charge in [-0.25, -0.2) is 9.97 Å². The molecule has 0 unspecified atom stereocenters. The molecule has 2 aromatic rings. The molecule has 2 fully saturated rings. The van der Waals surface area contributed by atoms with Gasteiger partial charge < -0.3 is 15.5 Å². The van der Waals surface area contributed by atoms with E-state index in [9.17, 15) is 9.59 Å². The number of anilines is 1. The zero-order valence-electron chi connectivity index (χ0n) is 19.0. The monoisotopic (exact) mass is 436 g/mol. The van der Waals surface area contributed by atoms with E-state index in [1.165, 1.54) is 12.8 Å². The topological polar surface area (TPSA) is 95.7 Å². The van der Waals surface area contributed by atoms with Crippen LogP contribution in [0.3, 0.4) is 0 Å². The van der Waals surface area contributed by atoms with Crippen LogP contribution in [0, 0.1) is 0 Å². The van der Waals surface area contributed by atoms with Crippen LogP contribution in [0.25, 0.3) is 11.1 Å². The number of benzene rings is 1. The number of primary amides is 1. The Morgan fingerprint density at radius 2 is 1.81 bits per heavy atom. The van der Waals surface area contributed by atoms with Crippen molar-refractivity contribution in [1.29, 1.82) is 0 Å². The number of nitrogens with zero attached hydrogens (tertiary/aromatic N) is 5. The van der Waals surface area contributed by atoms with E-state index in [1.54, 1.807) is 12.1 Å². The van der Waals surface area contributed by atoms with Crippen LogP contribution in [0.1, 0.15) is 47.7 Å². The lowest BCUT2D eigenvalue weighted by Crippen LogP contribution is -2.44. The van der Waals surface area contributed by atoms with Gasteiger partial charge in [-0.05, 0) is 56.5 Å². The number of likely N-dealkylation sites (tertiary alicyclic amines) is 2. The third-order valence-electron chi connectivity index (χ3n) is 6.40. The lowest BCUT2D eigenvalue weighted by molar-refractivity contribution is -0.133. The maximum atomic E-state index is 13.0. The van der Waals surface area contributed by atoms with E-state index in [0.717, 1.165) is 49.3 Å². The van der Waals surface area contributed by atoms with Crippen LogP contribution in [0.5, 0.6) is 0 Å². The Balaban J connectivity index is 1.60. The van der Waals surface area contributed by atoms with E-state index >= 15 is 0 Å². The number of hydrogen-bond donors (Lipinski definition) is 1. The summed E-state index contributed by atoms with van der Waals surface area (Å²) in [4.78, 5) is 40.0. The molecule has 8 nitrogen and oxygen atoms in total. The summed E-state index contributed by atoms with van der Waals surface area (Å²) in [7, 11) is 3.85. The third kappa shape index (κ3) is 4.91. The van der Waals surface area contributed by atoms with Crippen LogP contribution < -0.4 is 10.6 Å². The summed E-state index contributed by atoms with van der Waals surface area (Å²) >= 11 is 0. The molecule has 8 heteroatoms. The van der Waals surface area contributed by atoms with E-state index < -0.39 is 5.91 Å². The second kappa shape index (κ2) is 9.65. The van der Waals surface area contributed by atoms with Crippen LogP contribution in [0.15, 0.2) is 30.5 Å². The summed E-state index contributed by atoms with van der Waals surface area (Å²) in [5.41, 5.74) is 8.69. The maximum absolute atomic E-state index is 13.0. The zero-order valence-corrected chi connectivity index (χ0v) is 19.0. The summed E-state index contributed by atoms with van der Waals surface area (Å²) in [5, 5.41) is 0. The molecule has 3 heterocycles. The highest BCUT2D eigenvalue weighted by Gasteiger charge is 2.29. The molecule has 0 radical (unpaired) electrons. The minimum absolute atomic E-state index is 0.138. The van der Waals surface area contributed by atoms with Crippen LogP contribution >= 0.6 is 0 Å². The van der Waals surface area contributed by atoms with Crippen LogP contribution in [0.2, 0.25) is 0 Å². The normalized spacial score (nSPS) is 19.2. The van der Waals surface area contributed by atoms with Crippen molar-refractivity contribution in [2.45, 2.75) is 31.6 Å². The Hall–Kier alpha value is -3.00. The van der Waals surface area contributed by atoms with E-state index in [-0.39, 0.29) is 11.8 Å². The number of rotatable bonds is 6. The molecule has 2 amide bonds. The maximum Gasteiger partial charge on any atom is 0.248 e. The molecule has 0 spiro atoms. The highest BCUT2D eigenvalue weighted by Crippen LogP contribution is 2.34. The van der Waals surface area contributed by atoms with Gasteiger partial charge in [-0.3, -0.25) is 14.5 Å². The summed E-state index contributed by atoms with van der Waals surface area (Å²) in [6, 6.07) is 7.23. The molecular formula is C24H32N6O2. The van der Waals surface area contributed by atoms with Crippen LogP contribution in [-0.4, -0.2) is 78.4 Å². The van der Waals surface area contributed by atoms with Crippen molar-refractivity contribution in [3.05, 3.63) is 41.7 Å². The second-order valence-electron chi connectivity index (χ2n) is 8.97. The van der Waals surface area contributed by atoms with Gasteiger partial charge in [-0.15, -0.1) is 0 Å². The van der Waals surface area contributed by atoms with Crippen molar-refractivity contribution in [1.82, 2.24) is 19.8 Å². The summed E-state index contributed by atoms with van der Waals surface area (Å²) in [5.74, 6) is 0.554. The molecule has 2 saturated heterocycles. The highest BCUT2D eigenvalue weighted by atomic mass is 16.2. The number of carbonyl (C=O) groups excluding carboxylic acids is 2. The van der Waals surface area contributed by atoms with E-state index in [1.807, 2.05) is 42.2 Å². The third-order valence-corrected chi connectivity index (χ3v) is 6.40. The van der Waals surface area contributed by atoms with E-state index in [0.29, 0.717) is 24.6 Å². The standard InChI is InChI=1S/C24H32N6O2/c1-28(2)24-26-14-20(17-7-9-18(10-8-17)23(25)32)22(27-24)19-6-5-13-30(15-19)21(31)16-29-11-3-4-12-29/h7-10,14,19H,3-6,11-13,15-16H2,1-2H3,(H2,25,32)/t19-/m1/s1. The number of nitrogens with two attached hydrogens (primary N) is 1. The fraction of sp³-hybridized carbons (Fsp3) is 0.500. The molecule has 2 aliphatic rings. The quantitative estimate of drug-likeness (QED) is 0.745. The van der Waals surface area contributed by atoms with Crippen molar-refractivity contribution in [2.24, 2.45) is 5.73 Å². The van der Waals surface area contributed by atoms with Gasteiger partial charge in [0.2, 0.25) is 17.8 Å². The Labute approximate surface area is 189 Å². The lowest BCUT2D eigenvalue weighted by Gasteiger charge is -2.34. The predicted octanol–water partition coefficient (Wildman–Crippen LogP) is 2.11. The molecule has 4 rings (SSSR count). The summed E-state index contributed by atoms with van der Waals surface area (Å²) < 4.78 is 0. The number of aromatic nitrogens is 2. The second-order valence-corrected chi connectivity index (χ2v) is 8.97. The van der Waals surface area contributed by atoms with Crippen molar-refractivity contribution >= 4 is 17.8 Å². The highest BCUT2D eigenvalue weighted by molar-refractivity contribution is 5.93. The molecule has 0 bridgehead atoms. The SMILES string of the molecule is CN(C)c1ncc(-c2ccc(C(N)=O)cc2)c([C@@H]2CCCN(C(=O)CN3CCCC3)C2)n1. The van der Waals surface area contributed by atoms with Crippen molar-refractivity contribution in [3.8, 4) is 11.1 Å². The van der Waals surface area contributed by atoms with Gasteiger partial charge in [-0.2, -0.15) is 0 Å². The first kappa shape index (κ1) is 22.2. The molecule has 2 aliphatic heterocycles. The Kier molecular flexibility index (Phi) is 6.69. The summed E-state index contributed by atoms with van der Waals surface area (Å²) in [6.45, 7) is 4.03. The molecular weight excluding hydrogens is 404 g/mol. The van der Waals surface area contributed by atoms with Crippen LogP contribution in [-0.2, 0) is 4.79 Å². The molecule has 0 saturated carbocycles. The van der Waals surface area contributed by atoms with Crippen molar-refractivity contribution in [2.75, 3.05) is 51.7 Å². The molecule has 1 aromatic heterocycles. The van der Waals surface area contributed by atoms with Gasteiger partial charge >= 0.3 is 0 Å². The van der Waals surface area contributed by atoms with Crippen molar-refractivity contribution < 1.29 is 9.59 Å². The minimum atomic E-state index is -0.449. The van der Waals surface area contributed by atoms with Gasteiger partial charge in [0, 0.05) is 50.4 Å². The number of piperidine rings is 1. The molecule has 32 heavy (non-hydrogen) atoms. The first-order valence-corrected chi connectivity index (χ1v) is 11.4. The van der Waals surface area contributed by atoms with Gasteiger partial charge in [0.15, 0.2) is 0 Å². The largest absolute Gasteiger partial charge is 0.366 e. The minimum Gasteiger partial charge on any atom is -0.366 e. The first-order valence-electron chi connectivity index (χ1n) is 11.4. The number of hydrogen-bond acceptors (Lipinski definition) is 6. The van der Waals surface area contributed by atoms with Gasteiger partial charge in [0.25, 0.3) is 0 Å². The first-order chi connectivity index (χ1) is 15.4. The fourth-order valence-corrected chi connectivity index (χ4v) is 4.61. The Bertz CT molecular complexity index is 969. The Morgan fingerprint density at radius 3 is 2.47 bits per heavy atom. The van der Waals surface area contributed by atoms with Gasteiger partial charge in [-0.1, -0.05) is 12.1 Å². The van der Waals surface area contributed by atoms with Gasteiger partial charge in [0.1, 0.15) is 0 Å². The zero-order chi connectivity index (χ0) is 22.7. The fourth-order valence-electron chi connectivity index (χ4n) is 4.61. The predicted molar refractivity (Wildman–Crippen MR) is 125 cm³/mol. The smallest absolute Gasteiger partial charge is 0.248 e. The average molecular weight is 437 g/mol. The molecule has 2 N–H and O–H groups in total. The molecule has 1 aromatic carbocycles. The lowest BCUT2D eigenvalue weighted by atomic mass is 9.89. The summed E-state index contributed by atoms with van der Waals surface area (Å²) in [6.07, 6.45) is 6.15. The Morgan fingerprint density at radius 1 is 1.09 bits per heavy atom.